The molecule has 52 heavy (non-hydrogen) atoms. The van der Waals surface area contributed by atoms with E-state index in [1.165, 1.54) is 148 Å². The minimum atomic E-state index is -0.758. The molecule has 0 amide bonds. The van der Waals surface area contributed by atoms with E-state index in [-0.39, 0.29) is 31.1 Å². The fourth-order valence-electron chi connectivity index (χ4n) is 6.80. The van der Waals surface area contributed by atoms with Gasteiger partial charge in [-0.05, 0) is 25.2 Å². The van der Waals surface area contributed by atoms with Crippen LogP contribution in [-0.2, 0) is 28.6 Å². The maximum atomic E-state index is 12.6. The van der Waals surface area contributed by atoms with Gasteiger partial charge in [0.25, 0.3) is 0 Å². The molecule has 0 rings (SSSR count). The maximum absolute atomic E-state index is 12.6. The van der Waals surface area contributed by atoms with Gasteiger partial charge in [0.1, 0.15) is 13.2 Å². The molecule has 308 valence electrons. The van der Waals surface area contributed by atoms with Gasteiger partial charge < -0.3 is 14.2 Å². The molecule has 0 bridgehead atoms. The number of ether oxygens (including phenoxy) is 3. The van der Waals surface area contributed by atoms with E-state index in [0.29, 0.717) is 19.3 Å². The lowest BCUT2D eigenvalue weighted by molar-refractivity contribution is -0.167. The Balaban J connectivity index is 4.18. The summed E-state index contributed by atoms with van der Waals surface area (Å²) in [7, 11) is 0. The highest BCUT2D eigenvalue weighted by Crippen LogP contribution is 2.16. The summed E-state index contributed by atoms with van der Waals surface area (Å²) in [5.41, 5.74) is 0. The molecule has 6 heteroatoms. The zero-order chi connectivity index (χ0) is 38.2. The average Bonchev–Trinajstić information content (AvgIpc) is 3.12. The quantitative estimate of drug-likeness (QED) is 0.0353. The number of unbranched alkanes of at least 4 members (excludes halogenated alkanes) is 28. The molecule has 0 aliphatic rings. The van der Waals surface area contributed by atoms with Crippen molar-refractivity contribution in [1.82, 2.24) is 0 Å². The van der Waals surface area contributed by atoms with Crippen LogP contribution in [0.15, 0.2) is 0 Å². The first-order chi connectivity index (χ1) is 25.4. The molecule has 0 aromatic heterocycles. The average molecular weight is 737 g/mol. The summed E-state index contributed by atoms with van der Waals surface area (Å²) in [4.78, 5) is 37.5. The lowest BCUT2D eigenvalue weighted by atomic mass is 10.0. The van der Waals surface area contributed by atoms with Gasteiger partial charge in [-0.25, -0.2) is 0 Å². The number of hydrogen-bond donors (Lipinski definition) is 0. The Labute approximate surface area is 323 Å². The third kappa shape index (κ3) is 39.6. The minimum absolute atomic E-state index is 0.0648. The van der Waals surface area contributed by atoms with Crippen LogP contribution in [0, 0.1) is 5.92 Å². The highest BCUT2D eigenvalue weighted by atomic mass is 16.6. The molecule has 0 aromatic rings. The van der Waals surface area contributed by atoms with Crippen molar-refractivity contribution in [3.63, 3.8) is 0 Å². The number of rotatable bonds is 41. The molecule has 6 nitrogen and oxygen atoms in total. The van der Waals surface area contributed by atoms with Gasteiger partial charge >= 0.3 is 17.9 Å². The van der Waals surface area contributed by atoms with Crippen LogP contribution in [-0.4, -0.2) is 37.2 Å². The predicted molar refractivity (Wildman–Crippen MR) is 220 cm³/mol. The molecule has 0 N–H and O–H groups in total. The number of carbonyl (C=O) groups is 3. The smallest absolute Gasteiger partial charge is 0.306 e. The highest BCUT2D eigenvalue weighted by molar-refractivity contribution is 5.71. The van der Waals surface area contributed by atoms with Crippen molar-refractivity contribution in [1.29, 1.82) is 0 Å². The molecule has 0 saturated carbocycles. The molecule has 0 fully saturated rings. The second-order valence-corrected chi connectivity index (χ2v) is 16.2. The van der Waals surface area contributed by atoms with Crippen LogP contribution in [0.3, 0.4) is 0 Å². The van der Waals surface area contributed by atoms with Gasteiger partial charge in [0, 0.05) is 19.3 Å². The van der Waals surface area contributed by atoms with E-state index in [9.17, 15) is 14.4 Å². The molecular weight excluding hydrogens is 649 g/mol. The maximum Gasteiger partial charge on any atom is 0.306 e. The second-order valence-electron chi connectivity index (χ2n) is 16.2. The van der Waals surface area contributed by atoms with Crippen molar-refractivity contribution in [2.24, 2.45) is 5.92 Å². The molecule has 0 aliphatic carbocycles. The zero-order valence-corrected chi connectivity index (χ0v) is 35.3. The fourth-order valence-corrected chi connectivity index (χ4v) is 6.80. The van der Waals surface area contributed by atoms with Gasteiger partial charge in [0.2, 0.25) is 0 Å². The van der Waals surface area contributed by atoms with Gasteiger partial charge in [0.15, 0.2) is 6.10 Å². The van der Waals surface area contributed by atoms with Crippen LogP contribution in [0.5, 0.6) is 0 Å². The standard InChI is InChI=1S/C46H88O6/c1-5-7-9-11-13-14-15-16-17-18-19-20-21-22-26-29-33-37-44(47)50-40-43(52-46(49)39-35-31-24-12-10-8-6-2)41-51-45(48)38-34-30-27-23-25-28-32-36-42(3)4/h42-43H,5-41H2,1-4H3/t43-/m1/s1. The molecule has 0 aliphatic heterocycles. The van der Waals surface area contributed by atoms with Gasteiger partial charge in [-0.1, -0.05) is 214 Å². The summed E-state index contributed by atoms with van der Waals surface area (Å²) in [6.45, 7) is 8.91. The molecule has 0 saturated heterocycles. The Morgan fingerprint density at radius 2 is 0.635 bits per heavy atom. The summed E-state index contributed by atoms with van der Waals surface area (Å²) in [5.74, 6) is -0.0820. The molecule has 0 aromatic carbocycles. The van der Waals surface area contributed by atoms with E-state index in [4.69, 9.17) is 14.2 Å². The van der Waals surface area contributed by atoms with Crippen LogP contribution in [0.2, 0.25) is 0 Å². The molecular formula is C46H88O6. The Morgan fingerprint density at radius 1 is 0.365 bits per heavy atom. The van der Waals surface area contributed by atoms with Crippen LogP contribution in [0.4, 0.5) is 0 Å². The fraction of sp³-hybridized carbons (Fsp3) is 0.935. The lowest BCUT2D eigenvalue weighted by Crippen LogP contribution is -2.30. The predicted octanol–water partition coefficient (Wildman–Crippen LogP) is 14.3. The van der Waals surface area contributed by atoms with Crippen molar-refractivity contribution < 1.29 is 28.6 Å². The first-order valence-electron chi connectivity index (χ1n) is 22.9. The Morgan fingerprint density at radius 3 is 0.942 bits per heavy atom. The number of hydrogen-bond acceptors (Lipinski definition) is 6. The number of carbonyl (C=O) groups excluding carboxylic acids is 3. The van der Waals surface area contributed by atoms with Crippen LogP contribution < -0.4 is 0 Å². The first-order valence-corrected chi connectivity index (χ1v) is 22.9. The van der Waals surface area contributed by atoms with Crippen molar-refractivity contribution in [3.8, 4) is 0 Å². The van der Waals surface area contributed by atoms with E-state index in [2.05, 4.69) is 27.7 Å². The van der Waals surface area contributed by atoms with E-state index >= 15 is 0 Å². The highest BCUT2D eigenvalue weighted by Gasteiger charge is 2.19. The van der Waals surface area contributed by atoms with Gasteiger partial charge in [0.05, 0.1) is 0 Å². The van der Waals surface area contributed by atoms with Gasteiger partial charge in [-0.15, -0.1) is 0 Å². The van der Waals surface area contributed by atoms with Crippen LogP contribution in [0.1, 0.15) is 252 Å². The molecule has 0 heterocycles. The summed E-state index contributed by atoms with van der Waals surface area (Å²) in [5, 5.41) is 0. The Bertz CT molecular complexity index is 781. The Kier molecular flexibility index (Phi) is 39.4. The van der Waals surface area contributed by atoms with Crippen LogP contribution in [0.25, 0.3) is 0 Å². The van der Waals surface area contributed by atoms with Crippen molar-refractivity contribution >= 4 is 17.9 Å². The molecule has 0 unspecified atom stereocenters. The summed E-state index contributed by atoms with van der Waals surface area (Å²) in [6, 6.07) is 0. The van der Waals surface area contributed by atoms with Gasteiger partial charge in [-0.2, -0.15) is 0 Å². The third-order valence-electron chi connectivity index (χ3n) is 10.3. The Hall–Kier alpha value is -1.59. The van der Waals surface area contributed by atoms with Crippen LogP contribution >= 0.6 is 0 Å². The van der Waals surface area contributed by atoms with Gasteiger partial charge in [-0.3, -0.25) is 14.4 Å². The lowest BCUT2D eigenvalue weighted by Gasteiger charge is -2.18. The summed E-state index contributed by atoms with van der Waals surface area (Å²) < 4.78 is 16.6. The van der Waals surface area contributed by atoms with Crippen molar-refractivity contribution in [2.75, 3.05) is 13.2 Å². The van der Waals surface area contributed by atoms with E-state index in [0.717, 1.165) is 63.7 Å². The minimum Gasteiger partial charge on any atom is -0.462 e. The zero-order valence-electron chi connectivity index (χ0n) is 35.3. The summed E-state index contributed by atoms with van der Waals surface area (Å²) >= 11 is 0. The third-order valence-corrected chi connectivity index (χ3v) is 10.3. The molecule has 0 radical (unpaired) electrons. The molecule has 1 atom stereocenters. The van der Waals surface area contributed by atoms with E-state index in [1.807, 2.05) is 0 Å². The topological polar surface area (TPSA) is 78.9 Å². The van der Waals surface area contributed by atoms with E-state index < -0.39 is 6.10 Å². The second kappa shape index (κ2) is 40.6. The monoisotopic (exact) mass is 737 g/mol. The van der Waals surface area contributed by atoms with Crippen molar-refractivity contribution in [2.45, 2.75) is 259 Å². The number of esters is 3. The van der Waals surface area contributed by atoms with E-state index in [1.54, 1.807) is 0 Å². The largest absolute Gasteiger partial charge is 0.462 e. The summed E-state index contributed by atoms with van der Waals surface area (Å²) in [6.07, 6.45) is 39.7. The normalized spacial score (nSPS) is 11.9. The molecule has 0 spiro atoms. The van der Waals surface area contributed by atoms with Crippen molar-refractivity contribution in [3.05, 3.63) is 0 Å². The SMILES string of the molecule is CCCCCCCCCCCCCCCCCCCC(=O)OC[C@H](COC(=O)CCCCCCCCCC(C)C)OC(=O)CCCCCCCCC. The first kappa shape index (κ1) is 50.4.